The van der Waals surface area contributed by atoms with E-state index in [4.69, 9.17) is 24.6 Å². The highest BCUT2D eigenvalue weighted by molar-refractivity contribution is 5.43. The minimum absolute atomic E-state index is 0.00268. The first-order valence-corrected chi connectivity index (χ1v) is 34.0. The Kier molecular flexibility index (Phi) is 36.5. The van der Waals surface area contributed by atoms with E-state index < -0.39 is 0 Å². The Labute approximate surface area is 484 Å². The van der Waals surface area contributed by atoms with Gasteiger partial charge in [-0.2, -0.15) is 25.1 Å². The van der Waals surface area contributed by atoms with Crippen LogP contribution >= 0.6 is 0 Å². The average molecular weight is 1100 g/mol. The standard InChI is InChI=1S/C67H132N8O3/c1-13-17-19-21-23-25-27-29-31-33-35-37-39-41-43-45-51-77-74-64(5,6)53-57(54-65(74,7)8)59(47-15-3)69-62-71-61(68-49-50-76)72-63(73-62)70-60(48-16-4)58-55-66(9,10)75(67(11,12)56-58)78-52-46-44-42-40-38-36-34-32-30-28-26-24-22-20-18-14-2/h57-60,76H,13-56H2,1-12H3,(H3,68,69,70,71,72,73). The third-order valence-corrected chi connectivity index (χ3v) is 17.7. The summed E-state index contributed by atoms with van der Waals surface area (Å²) in [5, 5.41) is 25.6. The lowest BCUT2D eigenvalue weighted by Crippen LogP contribution is -2.62. The second-order valence-corrected chi connectivity index (χ2v) is 27.5. The SMILES string of the molecule is CCCCCCCCCCCCCCCCCCON1C(C)(C)CC(C(CCC)Nc2nc(NCCO)nc(NC(CCC)C3CC(C)(C)N(OCCCCCCCCCCCCCCCCCC)C(C)(C)C3)n2)CC1(C)C. The average Bonchev–Trinajstić information content (AvgIpc) is 3.39. The number of rotatable bonds is 49. The number of piperidine rings is 2. The van der Waals surface area contributed by atoms with Gasteiger partial charge < -0.3 is 21.1 Å². The summed E-state index contributed by atoms with van der Waals surface area (Å²) in [7, 11) is 0. The fourth-order valence-corrected chi connectivity index (χ4v) is 14.1. The molecule has 11 heteroatoms. The van der Waals surface area contributed by atoms with Gasteiger partial charge >= 0.3 is 0 Å². The predicted octanol–water partition coefficient (Wildman–Crippen LogP) is 19.4. The van der Waals surface area contributed by atoms with Crippen molar-refractivity contribution < 1.29 is 14.8 Å². The van der Waals surface area contributed by atoms with E-state index in [0.29, 0.717) is 36.2 Å². The first-order chi connectivity index (χ1) is 37.5. The molecule has 0 aliphatic carbocycles. The normalized spacial score (nSPS) is 18.6. The van der Waals surface area contributed by atoms with Crippen LogP contribution in [-0.2, 0) is 9.68 Å². The first kappa shape index (κ1) is 70.5. The summed E-state index contributed by atoms with van der Waals surface area (Å²) >= 11 is 0. The molecule has 3 rings (SSSR count). The van der Waals surface area contributed by atoms with Crippen molar-refractivity contribution in [2.45, 2.75) is 374 Å². The highest BCUT2D eigenvalue weighted by Gasteiger charge is 2.50. The minimum atomic E-state index is -0.129. The molecule has 11 nitrogen and oxygen atoms in total. The molecule has 0 spiro atoms. The topological polar surface area (TPSA) is 120 Å². The molecule has 0 aromatic carbocycles. The Bertz CT molecular complexity index is 1460. The van der Waals surface area contributed by atoms with E-state index in [1.807, 2.05) is 0 Å². The van der Waals surface area contributed by atoms with Gasteiger partial charge in [0.15, 0.2) is 0 Å². The fourth-order valence-electron chi connectivity index (χ4n) is 14.1. The molecule has 458 valence electrons. The Morgan fingerprint density at radius 2 is 0.654 bits per heavy atom. The smallest absolute Gasteiger partial charge is 0.229 e. The van der Waals surface area contributed by atoms with Crippen LogP contribution in [0.1, 0.15) is 340 Å². The monoisotopic (exact) mass is 1100 g/mol. The van der Waals surface area contributed by atoms with Crippen molar-refractivity contribution in [3.05, 3.63) is 0 Å². The summed E-state index contributed by atoms with van der Waals surface area (Å²) in [6, 6.07) is 0.377. The van der Waals surface area contributed by atoms with E-state index in [1.165, 1.54) is 193 Å². The third kappa shape index (κ3) is 28.5. The van der Waals surface area contributed by atoms with Crippen LogP contribution in [0.25, 0.3) is 0 Å². The van der Waals surface area contributed by atoms with Gasteiger partial charge in [0.25, 0.3) is 0 Å². The number of anilines is 3. The first-order valence-electron chi connectivity index (χ1n) is 34.0. The Morgan fingerprint density at radius 3 is 0.910 bits per heavy atom. The Morgan fingerprint density at radius 1 is 0.397 bits per heavy atom. The molecule has 1 aromatic rings. The van der Waals surface area contributed by atoms with Crippen molar-refractivity contribution in [3.63, 3.8) is 0 Å². The van der Waals surface area contributed by atoms with Crippen molar-refractivity contribution in [3.8, 4) is 0 Å². The Balaban J connectivity index is 1.50. The van der Waals surface area contributed by atoms with Crippen LogP contribution in [-0.4, -0.2) is 90.8 Å². The van der Waals surface area contributed by atoms with E-state index in [9.17, 15) is 5.11 Å². The number of unbranched alkanes of at least 4 members (excludes halogenated alkanes) is 30. The molecule has 2 unspecified atom stereocenters. The summed E-state index contributed by atoms with van der Waals surface area (Å²) in [4.78, 5) is 28.5. The van der Waals surface area contributed by atoms with Crippen molar-refractivity contribution >= 4 is 17.8 Å². The number of aliphatic hydroxyl groups excluding tert-OH is 1. The molecule has 2 aliphatic rings. The van der Waals surface area contributed by atoms with Gasteiger partial charge in [-0.15, -0.1) is 0 Å². The van der Waals surface area contributed by atoms with Crippen LogP contribution in [0, 0.1) is 11.8 Å². The van der Waals surface area contributed by atoms with Crippen LogP contribution in [0.15, 0.2) is 0 Å². The molecule has 78 heavy (non-hydrogen) atoms. The van der Waals surface area contributed by atoms with Gasteiger partial charge in [-0.05, 0) is 119 Å². The van der Waals surface area contributed by atoms with Crippen molar-refractivity contribution in [2.24, 2.45) is 11.8 Å². The number of aromatic nitrogens is 3. The summed E-state index contributed by atoms with van der Waals surface area (Å²) in [5.74, 6) is 2.49. The van der Waals surface area contributed by atoms with E-state index in [0.717, 1.165) is 77.4 Å². The summed E-state index contributed by atoms with van der Waals surface area (Å²) < 4.78 is 0. The Hall–Kier alpha value is -1.79. The zero-order valence-corrected chi connectivity index (χ0v) is 53.9. The largest absolute Gasteiger partial charge is 0.395 e. The number of aliphatic hydroxyl groups is 1. The molecular weight excluding hydrogens is 965 g/mol. The molecule has 0 bridgehead atoms. The molecular formula is C67H132N8O3. The number of hydrogen-bond acceptors (Lipinski definition) is 11. The minimum Gasteiger partial charge on any atom is -0.395 e. The molecule has 0 radical (unpaired) electrons. The molecule has 0 saturated carbocycles. The third-order valence-electron chi connectivity index (χ3n) is 17.7. The van der Waals surface area contributed by atoms with Gasteiger partial charge in [0.1, 0.15) is 0 Å². The number of nitrogens with zero attached hydrogens (tertiary/aromatic N) is 5. The van der Waals surface area contributed by atoms with Crippen molar-refractivity contribution in [2.75, 3.05) is 42.3 Å². The number of nitrogens with one attached hydrogen (secondary N) is 3. The number of hydroxylamine groups is 4. The molecule has 2 saturated heterocycles. The second kappa shape index (κ2) is 40.4. The lowest BCUT2D eigenvalue weighted by molar-refractivity contribution is -0.289. The van der Waals surface area contributed by atoms with E-state index >= 15 is 0 Å². The quantitative estimate of drug-likeness (QED) is 0.0467. The maximum absolute atomic E-state index is 9.83. The molecule has 0 amide bonds. The maximum Gasteiger partial charge on any atom is 0.229 e. The molecule has 1 aromatic heterocycles. The predicted molar refractivity (Wildman–Crippen MR) is 336 cm³/mol. The second-order valence-electron chi connectivity index (χ2n) is 27.5. The van der Waals surface area contributed by atoms with Crippen LogP contribution < -0.4 is 16.0 Å². The lowest BCUT2D eigenvalue weighted by atomic mass is 9.71. The summed E-state index contributed by atoms with van der Waals surface area (Å²) in [5.41, 5.74) is -0.516. The van der Waals surface area contributed by atoms with Crippen LogP contribution in [0.4, 0.5) is 17.8 Å². The molecule has 3 heterocycles. The summed E-state index contributed by atoms with van der Waals surface area (Å²) in [6.45, 7) is 30.1. The van der Waals surface area contributed by atoms with E-state index in [1.54, 1.807) is 0 Å². The number of hydrogen-bond donors (Lipinski definition) is 4. The van der Waals surface area contributed by atoms with Crippen LogP contribution in [0.3, 0.4) is 0 Å². The molecule has 4 N–H and O–H groups in total. The maximum atomic E-state index is 9.83. The van der Waals surface area contributed by atoms with Crippen molar-refractivity contribution in [1.82, 2.24) is 25.1 Å². The molecule has 2 aliphatic heterocycles. The zero-order valence-electron chi connectivity index (χ0n) is 53.9. The lowest BCUT2D eigenvalue weighted by Gasteiger charge is -2.55. The van der Waals surface area contributed by atoms with Gasteiger partial charge in [0.2, 0.25) is 17.8 Å². The highest BCUT2D eigenvalue weighted by Crippen LogP contribution is 2.46. The van der Waals surface area contributed by atoms with Gasteiger partial charge in [-0.25, -0.2) is 0 Å². The molecule has 2 atom stereocenters. The fraction of sp³-hybridized carbons (Fsp3) is 0.955. The van der Waals surface area contributed by atoms with Gasteiger partial charge in [-0.1, -0.05) is 233 Å². The van der Waals surface area contributed by atoms with E-state index in [2.05, 4.69) is 109 Å². The van der Waals surface area contributed by atoms with Crippen LogP contribution in [0.2, 0.25) is 0 Å². The zero-order chi connectivity index (χ0) is 57.0. The van der Waals surface area contributed by atoms with E-state index in [-0.39, 0.29) is 40.8 Å². The van der Waals surface area contributed by atoms with Gasteiger partial charge in [0, 0.05) is 40.8 Å². The molecule has 2 fully saturated rings. The summed E-state index contributed by atoms with van der Waals surface area (Å²) in [6.07, 6.45) is 52.3. The van der Waals surface area contributed by atoms with Crippen molar-refractivity contribution in [1.29, 1.82) is 0 Å². The highest BCUT2D eigenvalue weighted by atomic mass is 16.7. The van der Waals surface area contributed by atoms with Gasteiger partial charge in [-0.3, -0.25) is 9.68 Å². The van der Waals surface area contributed by atoms with Gasteiger partial charge in [0.05, 0.1) is 19.8 Å². The van der Waals surface area contributed by atoms with Crippen LogP contribution in [0.5, 0.6) is 0 Å².